The molecule has 0 aliphatic carbocycles. The van der Waals surface area contributed by atoms with Crippen LogP contribution in [0, 0.1) is 0 Å². The molecule has 0 aliphatic heterocycles. The van der Waals surface area contributed by atoms with Crippen molar-refractivity contribution in [3.8, 4) is 0 Å². The maximum absolute atomic E-state index is 12.0. The van der Waals surface area contributed by atoms with Crippen molar-refractivity contribution in [2.24, 2.45) is 0 Å². The molecule has 0 heterocycles. The molecule has 1 N–H and O–H groups in total. The predicted octanol–water partition coefficient (Wildman–Crippen LogP) is 3.62. The van der Waals surface area contributed by atoms with E-state index in [1.54, 1.807) is 5.41 Å². The van der Waals surface area contributed by atoms with Crippen molar-refractivity contribution >= 4 is 33.4 Å². The Morgan fingerprint density at radius 3 is 2.71 bits per heavy atom. The van der Waals surface area contributed by atoms with E-state index in [2.05, 4.69) is 29.5 Å². The second-order valence-corrected chi connectivity index (χ2v) is 6.32. The van der Waals surface area contributed by atoms with Crippen molar-refractivity contribution in [2.75, 3.05) is 0 Å². The molecular formula is C13H17IO2S. The zero-order valence-electron chi connectivity index (χ0n) is 9.80. The monoisotopic (exact) mass is 364 g/mol. The first-order chi connectivity index (χ1) is 8.15. The molecule has 0 saturated carbocycles. The molecule has 0 bridgehead atoms. The van der Waals surface area contributed by atoms with Crippen molar-refractivity contribution < 1.29 is 9.32 Å². The summed E-state index contributed by atoms with van der Waals surface area (Å²) in [4.78, 5) is 0.768. The topological polar surface area (TPSA) is 37.3 Å². The maximum atomic E-state index is 12.0. The molecule has 0 aliphatic rings. The normalized spacial score (nSPS) is 15.6. The highest BCUT2D eigenvalue weighted by Gasteiger charge is 2.09. The van der Waals surface area contributed by atoms with Crippen molar-refractivity contribution in [1.29, 1.82) is 0 Å². The molecule has 1 aromatic carbocycles. The third kappa shape index (κ3) is 5.31. The lowest BCUT2D eigenvalue weighted by Crippen LogP contribution is -2.06. The molecular weight excluding hydrogens is 347 g/mol. The number of unbranched alkanes of at least 4 members (excludes halogenated alkanes) is 1. The number of halogens is 1. The van der Waals surface area contributed by atoms with Gasteiger partial charge in [0.1, 0.15) is 0 Å². The third-order valence-electron chi connectivity index (χ3n) is 2.34. The lowest BCUT2D eigenvalue weighted by atomic mass is 10.2. The third-order valence-corrected chi connectivity index (χ3v) is 5.00. The highest BCUT2D eigenvalue weighted by molar-refractivity contribution is 14.1. The van der Waals surface area contributed by atoms with Crippen LogP contribution >= 0.6 is 22.6 Å². The van der Waals surface area contributed by atoms with E-state index in [1.807, 2.05) is 30.3 Å². The molecule has 1 aromatic rings. The zero-order chi connectivity index (χ0) is 12.7. The molecule has 0 radical (unpaired) electrons. The number of benzene rings is 1. The van der Waals surface area contributed by atoms with Gasteiger partial charge < -0.3 is 5.11 Å². The molecule has 0 fully saturated rings. The van der Waals surface area contributed by atoms with Crippen LogP contribution in [0.4, 0.5) is 0 Å². The molecule has 2 nitrogen and oxygen atoms in total. The standard InChI is InChI=1S/C13H17IO2S/c1-2-3-9-13(15)12(14)10-17(16)11-7-5-4-6-8-11/h4-8,10,13,15H,2-3,9H2,1H3/b12-10+/t13-,17?/m1/s1. The molecule has 0 amide bonds. The SMILES string of the molecule is CCCC[C@@H](O)/C(I)=C\S(=O)c1ccccc1. The van der Waals surface area contributed by atoms with E-state index >= 15 is 0 Å². The summed E-state index contributed by atoms with van der Waals surface area (Å²) in [5, 5.41) is 11.5. The predicted molar refractivity (Wildman–Crippen MR) is 80.5 cm³/mol. The van der Waals surface area contributed by atoms with Crippen molar-refractivity contribution in [3.05, 3.63) is 39.3 Å². The van der Waals surface area contributed by atoms with Gasteiger partial charge in [0.25, 0.3) is 0 Å². The first-order valence-electron chi connectivity index (χ1n) is 5.66. The Labute approximate surface area is 119 Å². The lowest BCUT2D eigenvalue weighted by molar-refractivity contribution is 0.207. The Bertz CT molecular complexity index is 390. The highest BCUT2D eigenvalue weighted by atomic mass is 127. The summed E-state index contributed by atoms with van der Waals surface area (Å²) >= 11 is 2.07. The average molecular weight is 364 g/mol. The van der Waals surface area contributed by atoms with Gasteiger partial charge in [-0.25, -0.2) is 4.21 Å². The van der Waals surface area contributed by atoms with Gasteiger partial charge in [-0.15, -0.1) is 0 Å². The number of hydrogen-bond acceptors (Lipinski definition) is 2. The maximum Gasteiger partial charge on any atom is 0.0852 e. The molecule has 4 heteroatoms. The van der Waals surface area contributed by atoms with E-state index in [4.69, 9.17) is 0 Å². The molecule has 17 heavy (non-hydrogen) atoms. The van der Waals surface area contributed by atoms with Gasteiger partial charge in [0.2, 0.25) is 0 Å². The van der Waals surface area contributed by atoms with Crippen molar-refractivity contribution in [3.63, 3.8) is 0 Å². The largest absolute Gasteiger partial charge is 0.388 e. The van der Waals surface area contributed by atoms with Crippen LogP contribution in [0.15, 0.2) is 44.2 Å². The smallest absolute Gasteiger partial charge is 0.0852 e. The van der Waals surface area contributed by atoms with Crippen LogP contribution in [0.3, 0.4) is 0 Å². The number of rotatable bonds is 6. The summed E-state index contributed by atoms with van der Waals surface area (Å²) in [5.41, 5.74) is 0. The van der Waals surface area contributed by atoms with E-state index in [9.17, 15) is 9.32 Å². The zero-order valence-corrected chi connectivity index (χ0v) is 12.8. The molecule has 94 valence electrons. The van der Waals surface area contributed by atoms with Crippen LogP contribution in [0.1, 0.15) is 26.2 Å². The Hall–Kier alpha value is -0.200. The molecule has 2 atom stereocenters. The van der Waals surface area contributed by atoms with Crippen LogP contribution < -0.4 is 0 Å². The van der Waals surface area contributed by atoms with E-state index in [-0.39, 0.29) is 0 Å². The van der Waals surface area contributed by atoms with Crippen LogP contribution in [0.25, 0.3) is 0 Å². The Balaban J connectivity index is 2.65. The number of aliphatic hydroxyl groups excluding tert-OH is 1. The van der Waals surface area contributed by atoms with Crippen molar-refractivity contribution in [2.45, 2.75) is 37.2 Å². The summed E-state index contributed by atoms with van der Waals surface area (Å²) in [6.45, 7) is 2.09. The van der Waals surface area contributed by atoms with Gasteiger partial charge in [0.15, 0.2) is 0 Å². The minimum absolute atomic E-state index is 0.483. The van der Waals surface area contributed by atoms with Gasteiger partial charge in [0, 0.05) is 13.9 Å². The van der Waals surface area contributed by atoms with Crippen molar-refractivity contribution in [1.82, 2.24) is 0 Å². The van der Waals surface area contributed by atoms with Crippen LogP contribution in [-0.4, -0.2) is 15.4 Å². The fraction of sp³-hybridized carbons (Fsp3) is 0.385. The van der Waals surface area contributed by atoms with Gasteiger partial charge in [-0.2, -0.15) is 0 Å². The fourth-order valence-corrected chi connectivity index (χ4v) is 3.27. The van der Waals surface area contributed by atoms with E-state index in [0.29, 0.717) is 0 Å². The Morgan fingerprint density at radius 1 is 1.47 bits per heavy atom. The molecule has 0 aromatic heterocycles. The van der Waals surface area contributed by atoms with Gasteiger partial charge in [-0.1, -0.05) is 38.0 Å². The van der Waals surface area contributed by atoms with Crippen LogP contribution in [0.5, 0.6) is 0 Å². The first-order valence-corrected chi connectivity index (χ1v) is 7.95. The van der Waals surface area contributed by atoms with Crippen LogP contribution in [-0.2, 0) is 10.8 Å². The lowest BCUT2D eigenvalue weighted by Gasteiger charge is -2.08. The summed E-state index contributed by atoms with van der Waals surface area (Å²) in [5.74, 6) is 0. The molecule has 0 spiro atoms. The van der Waals surface area contributed by atoms with E-state index < -0.39 is 16.9 Å². The summed E-state index contributed by atoms with van der Waals surface area (Å²) in [7, 11) is -1.17. The summed E-state index contributed by atoms with van der Waals surface area (Å²) < 4.78 is 12.7. The number of hydrogen-bond donors (Lipinski definition) is 1. The van der Waals surface area contributed by atoms with Gasteiger partial charge in [-0.3, -0.25) is 0 Å². The quantitative estimate of drug-likeness (QED) is 0.783. The van der Waals surface area contributed by atoms with Gasteiger partial charge >= 0.3 is 0 Å². The molecule has 0 saturated heterocycles. The minimum atomic E-state index is -1.17. The summed E-state index contributed by atoms with van der Waals surface area (Å²) in [6, 6.07) is 9.28. The highest BCUT2D eigenvalue weighted by Crippen LogP contribution is 2.19. The fourth-order valence-electron chi connectivity index (χ4n) is 1.34. The molecule has 1 unspecified atom stereocenters. The second kappa shape index (κ2) is 8.00. The Kier molecular flexibility index (Phi) is 6.99. The second-order valence-electron chi connectivity index (χ2n) is 3.77. The van der Waals surface area contributed by atoms with Crippen LogP contribution in [0.2, 0.25) is 0 Å². The average Bonchev–Trinajstić information content (AvgIpc) is 2.36. The number of aliphatic hydroxyl groups is 1. The van der Waals surface area contributed by atoms with Gasteiger partial charge in [-0.05, 0) is 41.1 Å². The summed E-state index contributed by atoms with van der Waals surface area (Å²) in [6.07, 6.45) is 2.29. The first kappa shape index (κ1) is 14.9. The minimum Gasteiger partial charge on any atom is -0.388 e. The van der Waals surface area contributed by atoms with E-state index in [1.165, 1.54) is 0 Å². The molecule has 1 rings (SSSR count). The van der Waals surface area contributed by atoms with E-state index in [0.717, 1.165) is 27.7 Å². The van der Waals surface area contributed by atoms with Gasteiger partial charge in [0.05, 0.1) is 16.9 Å². The Morgan fingerprint density at radius 2 is 2.12 bits per heavy atom.